The van der Waals surface area contributed by atoms with E-state index in [0.717, 1.165) is 23.2 Å². The predicted octanol–water partition coefficient (Wildman–Crippen LogP) is 3.98. The van der Waals surface area contributed by atoms with Crippen LogP contribution >= 0.6 is 0 Å². The fraction of sp³-hybridized carbons (Fsp3) is 0.125. The Kier molecular flexibility index (Phi) is 2.99. The summed E-state index contributed by atoms with van der Waals surface area (Å²) in [6.45, 7) is 2.06. The average Bonchev–Trinajstić information content (AvgIpc) is 2.76. The number of aromatic nitrogens is 1. The maximum Gasteiger partial charge on any atom is 0.269 e. The van der Waals surface area contributed by atoms with Crippen LogP contribution in [0, 0.1) is 17.0 Å². The van der Waals surface area contributed by atoms with Gasteiger partial charge in [-0.3, -0.25) is 10.1 Å². The Morgan fingerprint density at radius 3 is 2.50 bits per heavy atom. The van der Waals surface area contributed by atoms with Crippen LogP contribution in [0.1, 0.15) is 16.8 Å². The first-order valence-corrected chi connectivity index (χ1v) is 6.44. The van der Waals surface area contributed by atoms with E-state index in [1.54, 1.807) is 12.1 Å². The molecule has 0 saturated carbocycles. The number of fused-ring (bicyclic) bond motifs is 1. The summed E-state index contributed by atoms with van der Waals surface area (Å²) in [5.41, 5.74) is 4.72. The smallest absolute Gasteiger partial charge is 0.269 e. The number of hydrogen-bond donors (Lipinski definition) is 1. The van der Waals surface area contributed by atoms with Crippen molar-refractivity contribution in [2.75, 3.05) is 0 Å². The molecule has 1 heterocycles. The molecule has 4 nitrogen and oxygen atoms in total. The summed E-state index contributed by atoms with van der Waals surface area (Å²) in [6, 6.07) is 14.9. The summed E-state index contributed by atoms with van der Waals surface area (Å²) >= 11 is 0. The Bertz CT molecular complexity index is 773. The van der Waals surface area contributed by atoms with Crippen molar-refractivity contribution in [3.05, 3.63) is 75.5 Å². The predicted molar refractivity (Wildman–Crippen MR) is 78.9 cm³/mol. The van der Waals surface area contributed by atoms with E-state index in [4.69, 9.17) is 0 Å². The second-order valence-electron chi connectivity index (χ2n) is 4.87. The van der Waals surface area contributed by atoms with E-state index in [9.17, 15) is 10.1 Å². The van der Waals surface area contributed by atoms with Crippen LogP contribution in [0.3, 0.4) is 0 Å². The van der Waals surface area contributed by atoms with Gasteiger partial charge in [0.15, 0.2) is 0 Å². The molecule has 100 valence electrons. The Balaban J connectivity index is 1.96. The number of nitrogens with one attached hydrogen (secondary N) is 1. The first-order chi connectivity index (χ1) is 9.65. The molecule has 1 aromatic heterocycles. The van der Waals surface area contributed by atoms with Crippen LogP contribution in [0.5, 0.6) is 0 Å². The molecule has 0 amide bonds. The van der Waals surface area contributed by atoms with E-state index in [2.05, 4.69) is 24.0 Å². The third kappa shape index (κ3) is 2.16. The van der Waals surface area contributed by atoms with Crippen molar-refractivity contribution in [3.8, 4) is 0 Å². The minimum Gasteiger partial charge on any atom is -0.358 e. The van der Waals surface area contributed by atoms with Crippen molar-refractivity contribution in [1.82, 2.24) is 4.98 Å². The van der Waals surface area contributed by atoms with Crippen LogP contribution in [0.15, 0.2) is 48.5 Å². The lowest BCUT2D eigenvalue weighted by atomic mass is 10.0. The van der Waals surface area contributed by atoms with E-state index in [0.29, 0.717) is 0 Å². The van der Waals surface area contributed by atoms with Gasteiger partial charge < -0.3 is 4.98 Å². The molecule has 3 aromatic rings. The lowest BCUT2D eigenvalue weighted by Crippen LogP contribution is -1.92. The highest BCUT2D eigenvalue weighted by Crippen LogP contribution is 2.25. The maximum absolute atomic E-state index is 10.7. The fourth-order valence-electron chi connectivity index (χ4n) is 2.50. The Morgan fingerprint density at radius 1 is 1.10 bits per heavy atom. The van der Waals surface area contributed by atoms with Crippen molar-refractivity contribution in [2.45, 2.75) is 13.3 Å². The molecule has 0 unspecified atom stereocenters. The molecule has 0 atom stereocenters. The molecular formula is C16H14N2O2. The number of aryl methyl sites for hydroxylation is 1. The van der Waals surface area contributed by atoms with E-state index in [1.807, 2.05) is 24.3 Å². The molecule has 20 heavy (non-hydrogen) atoms. The maximum atomic E-state index is 10.7. The second-order valence-corrected chi connectivity index (χ2v) is 4.87. The van der Waals surface area contributed by atoms with Gasteiger partial charge in [0.25, 0.3) is 5.69 Å². The number of para-hydroxylation sites is 1. The number of benzene rings is 2. The minimum atomic E-state index is -0.374. The number of rotatable bonds is 3. The summed E-state index contributed by atoms with van der Waals surface area (Å²) in [5.74, 6) is 0. The second kappa shape index (κ2) is 4.81. The highest BCUT2D eigenvalue weighted by molar-refractivity contribution is 5.84. The third-order valence-electron chi connectivity index (χ3n) is 3.56. The highest BCUT2D eigenvalue weighted by atomic mass is 16.6. The quantitative estimate of drug-likeness (QED) is 0.576. The molecule has 0 radical (unpaired) electrons. The van der Waals surface area contributed by atoms with Gasteiger partial charge in [-0.15, -0.1) is 0 Å². The molecular weight excluding hydrogens is 252 g/mol. The molecule has 1 N–H and O–H groups in total. The molecule has 0 aliphatic carbocycles. The Hall–Kier alpha value is -2.62. The van der Waals surface area contributed by atoms with Gasteiger partial charge in [0.1, 0.15) is 0 Å². The molecule has 0 spiro atoms. The number of nitro groups is 1. The number of H-pyrrole nitrogens is 1. The van der Waals surface area contributed by atoms with E-state index in [1.165, 1.54) is 10.9 Å². The summed E-state index contributed by atoms with van der Waals surface area (Å²) < 4.78 is 0. The summed E-state index contributed by atoms with van der Waals surface area (Å²) in [5, 5.41) is 11.9. The van der Waals surface area contributed by atoms with Gasteiger partial charge in [-0.05, 0) is 30.5 Å². The van der Waals surface area contributed by atoms with E-state index >= 15 is 0 Å². The zero-order valence-electron chi connectivity index (χ0n) is 11.1. The lowest BCUT2D eigenvalue weighted by Gasteiger charge is -2.02. The number of aromatic amines is 1. The van der Waals surface area contributed by atoms with Crippen molar-refractivity contribution in [2.24, 2.45) is 0 Å². The van der Waals surface area contributed by atoms with Gasteiger partial charge in [0.2, 0.25) is 0 Å². The Labute approximate surface area is 116 Å². The molecule has 0 aliphatic rings. The lowest BCUT2D eigenvalue weighted by molar-refractivity contribution is -0.384. The molecule has 0 aliphatic heterocycles. The molecule has 4 heteroatoms. The van der Waals surface area contributed by atoms with Crippen molar-refractivity contribution < 1.29 is 4.92 Å². The zero-order chi connectivity index (χ0) is 14.1. The molecule has 0 saturated heterocycles. The largest absolute Gasteiger partial charge is 0.358 e. The van der Waals surface area contributed by atoms with Crippen LogP contribution in [0.4, 0.5) is 5.69 Å². The van der Waals surface area contributed by atoms with Crippen molar-refractivity contribution in [1.29, 1.82) is 0 Å². The molecule has 3 rings (SSSR count). The number of nitrogens with zero attached hydrogens (tertiary/aromatic N) is 1. The van der Waals surface area contributed by atoms with E-state index in [-0.39, 0.29) is 10.6 Å². The first-order valence-electron chi connectivity index (χ1n) is 6.44. The van der Waals surface area contributed by atoms with Gasteiger partial charge in [0.05, 0.1) is 4.92 Å². The van der Waals surface area contributed by atoms with Gasteiger partial charge in [-0.2, -0.15) is 0 Å². The molecule has 0 fully saturated rings. The van der Waals surface area contributed by atoms with Gasteiger partial charge >= 0.3 is 0 Å². The SMILES string of the molecule is Cc1[nH]c2ccccc2c1Cc1ccc([N+](=O)[O-])cc1. The summed E-state index contributed by atoms with van der Waals surface area (Å²) in [4.78, 5) is 13.7. The number of non-ortho nitro benzene ring substituents is 1. The Morgan fingerprint density at radius 2 is 1.80 bits per heavy atom. The van der Waals surface area contributed by atoms with Crippen molar-refractivity contribution in [3.63, 3.8) is 0 Å². The highest BCUT2D eigenvalue weighted by Gasteiger charge is 2.10. The average molecular weight is 266 g/mol. The summed E-state index contributed by atoms with van der Waals surface area (Å²) in [7, 11) is 0. The summed E-state index contributed by atoms with van der Waals surface area (Å²) in [6.07, 6.45) is 0.772. The van der Waals surface area contributed by atoms with E-state index < -0.39 is 0 Å². The van der Waals surface area contributed by atoms with Gasteiger partial charge in [-0.25, -0.2) is 0 Å². The first kappa shape index (κ1) is 12.4. The molecule has 0 bridgehead atoms. The van der Waals surface area contributed by atoms with Crippen LogP contribution in [-0.2, 0) is 6.42 Å². The zero-order valence-corrected chi connectivity index (χ0v) is 11.1. The number of nitro benzene ring substituents is 1. The monoisotopic (exact) mass is 266 g/mol. The van der Waals surface area contributed by atoms with Crippen molar-refractivity contribution >= 4 is 16.6 Å². The van der Waals surface area contributed by atoms with Gasteiger partial charge in [0, 0.05) is 28.7 Å². The van der Waals surface area contributed by atoms with Crippen LogP contribution in [0.2, 0.25) is 0 Å². The number of hydrogen-bond acceptors (Lipinski definition) is 2. The third-order valence-corrected chi connectivity index (χ3v) is 3.56. The van der Waals surface area contributed by atoms with Crippen LogP contribution in [-0.4, -0.2) is 9.91 Å². The van der Waals surface area contributed by atoms with Crippen LogP contribution in [0.25, 0.3) is 10.9 Å². The van der Waals surface area contributed by atoms with Gasteiger partial charge in [-0.1, -0.05) is 30.3 Å². The fourth-order valence-corrected chi connectivity index (χ4v) is 2.50. The molecule has 2 aromatic carbocycles. The van der Waals surface area contributed by atoms with Crippen LogP contribution < -0.4 is 0 Å². The normalized spacial score (nSPS) is 10.8. The topological polar surface area (TPSA) is 58.9 Å². The standard InChI is InChI=1S/C16H14N2O2/c1-11-15(14-4-2-3-5-16(14)17-11)10-12-6-8-13(9-7-12)18(19)20/h2-9,17H,10H2,1H3. The minimum absolute atomic E-state index is 0.129.